The van der Waals surface area contributed by atoms with Crippen LogP contribution in [0.4, 0.5) is 5.69 Å². The molecule has 0 bridgehead atoms. The molecular weight excluding hydrogens is 282 g/mol. The summed E-state index contributed by atoms with van der Waals surface area (Å²) in [6.45, 7) is 3.05. The summed E-state index contributed by atoms with van der Waals surface area (Å²) in [4.78, 5) is 4.73. The number of halogens is 1. The normalized spacial score (nSPS) is 11.1. The van der Waals surface area contributed by atoms with Crippen molar-refractivity contribution in [3.05, 3.63) is 58.9 Å². The molecule has 0 aliphatic heterocycles. The number of anilines is 1. The maximum absolute atomic E-state index is 6.05. The van der Waals surface area contributed by atoms with Crippen molar-refractivity contribution in [3.8, 4) is 0 Å². The van der Waals surface area contributed by atoms with Gasteiger partial charge in [0, 0.05) is 23.7 Å². The largest absolute Gasteiger partial charge is 0.399 e. The maximum atomic E-state index is 6.05. The van der Waals surface area contributed by atoms with Crippen LogP contribution in [0, 0.1) is 0 Å². The fourth-order valence-corrected chi connectivity index (χ4v) is 2.87. The number of nitrogen functional groups attached to an aromatic ring is 1. The number of benzene rings is 2. The zero-order valence-corrected chi connectivity index (χ0v) is 12.8. The van der Waals surface area contributed by atoms with Gasteiger partial charge in [0.1, 0.15) is 5.82 Å². The van der Waals surface area contributed by atoms with Crippen LogP contribution in [0.3, 0.4) is 0 Å². The highest BCUT2D eigenvalue weighted by atomic mass is 35.5. The summed E-state index contributed by atoms with van der Waals surface area (Å²) < 4.78 is 2.25. The number of rotatable bonds is 4. The molecule has 0 unspecified atom stereocenters. The highest BCUT2D eigenvalue weighted by Crippen LogP contribution is 2.21. The van der Waals surface area contributed by atoms with Gasteiger partial charge in [0.05, 0.1) is 11.0 Å². The van der Waals surface area contributed by atoms with Crippen molar-refractivity contribution in [3.63, 3.8) is 0 Å². The van der Waals surface area contributed by atoms with E-state index in [4.69, 9.17) is 22.3 Å². The molecule has 0 fully saturated rings. The third-order valence-corrected chi connectivity index (χ3v) is 3.93. The second kappa shape index (κ2) is 5.78. The van der Waals surface area contributed by atoms with E-state index in [0.29, 0.717) is 0 Å². The monoisotopic (exact) mass is 299 g/mol. The van der Waals surface area contributed by atoms with Gasteiger partial charge in [0.15, 0.2) is 0 Å². The fraction of sp³-hybridized carbons (Fsp3) is 0.235. The van der Waals surface area contributed by atoms with Gasteiger partial charge in [-0.05, 0) is 49.2 Å². The van der Waals surface area contributed by atoms with Gasteiger partial charge in [0.2, 0.25) is 0 Å². The SMILES string of the molecule is CCn1c(CCc2cccc(N)c2)nc2cc(Cl)ccc21. The predicted molar refractivity (Wildman–Crippen MR) is 88.7 cm³/mol. The number of aromatic nitrogens is 2. The lowest BCUT2D eigenvalue weighted by molar-refractivity contribution is 0.707. The topological polar surface area (TPSA) is 43.8 Å². The van der Waals surface area contributed by atoms with Crippen molar-refractivity contribution in [1.29, 1.82) is 0 Å². The molecule has 0 radical (unpaired) electrons. The second-order valence-electron chi connectivity index (χ2n) is 5.15. The molecule has 0 atom stereocenters. The standard InChI is InChI=1S/C17H18ClN3/c1-2-21-16-8-7-13(18)11-15(16)20-17(21)9-6-12-4-3-5-14(19)10-12/h3-5,7-8,10-11H,2,6,9,19H2,1H3. The Morgan fingerprint density at radius 2 is 2.00 bits per heavy atom. The number of nitrogens with two attached hydrogens (primary N) is 1. The van der Waals surface area contributed by atoms with E-state index in [2.05, 4.69) is 17.6 Å². The van der Waals surface area contributed by atoms with E-state index in [9.17, 15) is 0 Å². The Labute approximate surface area is 129 Å². The summed E-state index contributed by atoms with van der Waals surface area (Å²) in [7, 11) is 0. The Bertz CT molecular complexity index is 777. The minimum absolute atomic E-state index is 0.727. The van der Waals surface area contributed by atoms with Crippen molar-refractivity contribution >= 4 is 28.3 Å². The van der Waals surface area contributed by atoms with E-state index in [1.807, 2.05) is 36.4 Å². The summed E-state index contributed by atoms with van der Waals surface area (Å²) in [6, 6.07) is 13.9. The number of fused-ring (bicyclic) bond motifs is 1. The van der Waals surface area contributed by atoms with E-state index in [0.717, 1.165) is 47.0 Å². The van der Waals surface area contributed by atoms with Crippen LogP contribution in [0.25, 0.3) is 11.0 Å². The molecular formula is C17H18ClN3. The second-order valence-corrected chi connectivity index (χ2v) is 5.59. The van der Waals surface area contributed by atoms with Crippen LogP contribution in [-0.4, -0.2) is 9.55 Å². The molecule has 3 aromatic rings. The lowest BCUT2D eigenvalue weighted by Gasteiger charge is -2.06. The van der Waals surface area contributed by atoms with Crippen LogP contribution in [0.5, 0.6) is 0 Å². The van der Waals surface area contributed by atoms with Gasteiger partial charge in [-0.25, -0.2) is 4.98 Å². The van der Waals surface area contributed by atoms with E-state index < -0.39 is 0 Å². The molecule has 0 amide bonds. The van der Waals surface area contributed by atoms with E-state index in [1.165, 1.54) is 5.56 Å². The molecule has 0 aliphatic carbocycles. The van der Waals surface area contributed by atoms with Crippen LogP contribution in [-0.2, 0) is 19.4 Å². The van der Waals surface area contributed by atoms with Crippen molar-refractivity contribution in [2.45, 2.75) is 26.3 Å². The lowest BCUT2D eigenvalue weighted by atomic mass is 10.1. The molecule has 0 saturated heterocycles. The molecule has 0 aliphatic rings. The Kier molecular flexibility index (Phi) is 3.84. The number of hydrogen-bond acceptors (Lipinski definition) is 2. The van der Waals surface area contributed by atoms with Crippen LogP contribution >= 0.6 is 11.6 Å². The first kappa shape index (κ1) is 14.0. The van der Waals surface area contributed by atoms with Crippen molar-refractivity contribution in [1.82, 2.24) is 9.55 Å². The molecule has 21 heavy (non-hydrogen) atoms. The van der Waals surface area contributed by atoms with Crippen LogP contribution in [0.2, 0.25) is 5.02 Å². The zero-order valence-electron chi connectivity index (χ0n) is 12.0. The van der Waals surface area contributed by atoms with Crippen LogP contribution < -0.4 is 5.73 Å². The molecule has 0 spiro atoms. The average molecular weight is 300 g/mol. The summed E-state index contributed by atoms with van der Waals surface area (Å²) in [5.74, 6) is 1.09. The number of imidazole rings is 1. The summed E-state index contributed by atoms with van der Waals surface area (Å²) in [5.41, 5.74) is 9.98. The first-order chi connectivity index (χ1) is 10.2. The van der Waals surface area contributed by atoms with Gasteiger partial charge < -0.3 is 10.3 Å². The lowest BCUT2D eigenvalue weighted by Crippen LogP contribution is -2.03. The van der Waals surface area contributed by atoms with E-state index in [1.54, 1.807) is 0 Å². The quantitative estimate of drug-likeness (QED) is 0.738. The summed E-state index contributed by atoms with van der Waals surface area (Å²) >= 11 is 6.05. The molecule has 108 valence electrons. The van der Waals surface area contributed by atoms with Crippen molar-refractivity contribution in [2.24, 2.45) is 0 Å². The van der Waals surface area contributed by atoms with Crippen molar-refractivity contribution in [2.75, 3.05) is 5.73 Å². The van der Waals surface area contributed by atoms with E-state index in [-0.39, 0.29) is 0 Å². The number of nitrogens with zero attached hydrogens (tertiary/aromatic N) is 2. The Morgan fingerprint density at radius 1 is 1.14 bits per heavy atom. The molecule has 0 saturated carbocycles. The molecule has 3 nitrogen and oxygen atoms in total. The Balaban J connectivity index is 1.89. The molecule has 2 N–H and O–H groups in total. The van der Waals surface area contributed by atoms with Gasteiger partial charge >= 0.3 is 0 Å². The van der Waals surface area contributed by atoms with Crippen LogP contribution in [0.1, 0.15) is 18.3 Å². The van der Waals surface area contributed by atoms with Crippen molar-refractivity contribution < 1.29 is 0 Å². The summed E-state index contributed by atoms with van der Waals surface area (Å²) in [6.07, 6.45) is 1.83. The molecule has 2 aromatic carbocycles. The smallest absolute Gasteiger partial charge is 0.110 e. The third kappa shape index (κ3) is 2.88. The third-order valence-electron chi connectivity index (χ3n) is 3.69. The first-order valence-corrected chi connectivity index (χ1v) is 7.54. The fourth-order valence-electron chi connectivity index (χ4n) is 2.70. The minimum Gasteiger partial charge on any atom is -0.399 e. The molecule has 3 rings (SSSR count). The molecule has 1 heterocycles. The van der Waals surface area contributed by atoms with Gasteiger partial charge in [-0.2, -0.15) is 0 Å². The van der Waals surface area contributed by atoms with Gasteiger partial charge in [0.25, 0.3) is 0 Å². The van der Waals surface area contributed by atoms with Crippen LogP contribution in [0.15, 0.2) is 42.5 Å². The maximum Gasteiger partial charge on any atom is 0.110 e. The zero-order chi connectivity index (χ0) is 14.8. The minimum atomic E-state index is 0.727. The number of aryl methyl sites for hydroxylation is 3. The van der Waals surface area contributed by atoms with Gasteiger partial charge in [-0.15, -0.1) is 0 Å². The molecule has 4 heteroatoms. The molecule has 1 aromatic heterocycles. The predicted octanol–water partition coefficient (Wildman–Crippen LogP) is 4.08. The van der Waals surface area contributed by atoms with E-state index >= 15 is 0 Å². The first-order valence-electron chi connectivity index (χ1n) is 7.16. The highest BCUT2D eigenvalue weighted by molar-refractivity contribution is 6.31. The average Bonchev–Trinajstić information content (AvgIpc) is 2.81. The highest BCUT2D eigenvalue weighted by Gasteiger charge is 2.10. The Hall–Kier alpha value is -2.00. The van der Waals surface area contributed by atoms with Gasteiger partial charge in [-0.1, -0.05) is 23.7 Å². The Morgan fingerprint density at radius 3 is 2.76 bits per heavy atom. The number of hydrogen-bond donors (Lipinski definition) is 1. The van der Waals surface area contributed by atoms with Gasteiger partial charge in [-0.3, -0.25) is 0 Å². The summed E-state index contributed by atoms with van der Waals surface area (Å²) in [5, 5.41) is 0.727.